The van der Waals surface area contributed by atoms with E-state index < -0.39 is 0 Å². The van der Waals surface area contributed by atoms with Crippen LogP contribution in [0.5, 0.6) is 0 Å². The third kappa shape index (κ3) is 3.54. The number of carbonyl (C=O) groups excluding carboxylic acids is 1. The fourth-order valence-corrected chi connectivity index (χ4v) is 4.10. The summed E-state index contributed by atoms with van der Waals surface area (Å²) in [6, 6.07) is 14.5. The van der Waals surface area contributed by atoms with Crippen molar-refractivity contribution < 1.29 is 4.79 Å². The average Bonchev–Trinajstić information content (AvgIpc) is 2.98. The summed E-state index contributed by atoms with van der Waals surface area (Å²) in [6.07, 6.45) is 2.36. The van der Waals surface area contributed by atoms with Crippen LogP contribution in [0.4, 0.5) is 0 Å². The Morgan fingerprint density at radius 1 is 1.07 bits per heavy atom. The van der Waals surface area contributed by atoms with Crippen LogP contribution in [-0.4, -0.2) is 40.0 Å². The number of hydrogen-bond acceptors (Lipinski definition) is 3. The Bertz CT molecular complexity index is 968. The quantitative estimate of drug-likeness (QED) is 0.676. The maximum atomic E-state index is 12.3. The molecular weight excluding hydrogens is 348 g/mol. The van der Waals surface area contributed by atoms with E-state index in [1.807, 2.05) is 18.2 Å². The van der Waals surface area contributed by atoms with Gasteiger partial charge in [0.1, 0.15) is 5.82 Å². The van der Waals surface area contributed by atoms with Crippen molar-refractivity contribution in [3.8, 4) is 11.4 Å². The lowest BCUT2D eigenvalue weighted by atomic mass is 10.1. The monoisotopic (exact) mass is 376 g/mol. The van der Waals surface area contributed by atoms with Gasteiger partial charge in [0.25, 0.3) is 5.91 Å². The highest BCUT2D eigenvalue weighted by molar-refractivity contribution is 6.06. The lowest BCUT2D eigenvalue weighted by molar-refractivity contribution is 0.0956. The molecule has 146 valence electrons. The van der Waals surface area contributed by atoms with Crippen LogP contribution < -0.4 is 5.32 Å². The zero-order valence-electron chi connectivity index (χ0n) is 16.7. The van der Waals surface area contributed by atoms with Crippen LogP contribution in [0.2, 0.25) is 0 Å². The molecule has 0 unspecified atom stereocenters. The molecule has 0 fully saturated rings. The van der Waals surface area contributed by atoms with Crippen LogP contribution in [0.15, 0.2) is 42.5 Å². The minimum absolute atomic E-state index is 0.0157. The van der Waals surface area contributed by atoms with Crippen molar-refractivity contribution >= 4 is 16.9 Å². The lowest BCUT2D eigenvalue weighted by Crippen LogP contribution is -2.24. The van der Waals surface area contributed by atoms with Crippen LogP contribution in [-0.2, 0) is 13.1 Å². The summed E-state index contributed by atoms with van der Waals surface area (Å²) in [5.74, 6) is 0.919. The molecule has 1 aliphatic heterocycles. The number of carbonyl (C=O) groups is 1. The predicted molar refractivity (Wildman–Crippen MR) is 113 cm³/mol. The molecule has 0 atom stereocenters. The highest BCUT2D eigenvalue weighted by Gasteiger charge is 2.21. The van der Waals surface area contributed by atoms with E-state index in [-0.39, 0.29) is 5.91 Å². The molecule has 0 spiro atoms. The number of nitrogens with zero attached hydrogens (tertiary/aromatic N) is 3. The zero-order valence-corrected chi connectivity index (χ0v) is 16.7. The maximum Gasteiger partial charge on any atom is 0.253 e. The van der Waals surface area contributed by atoms with Crippen molar-refractivity contribution in [3.63, 3.8) is 0 Å². The van der Waals surface area contributed by atoms with Crippen molar-refractivity contribution in [3.05, 3.63) is 53.6 Å². The van der Waals surface area contributed by atoms with Crippen molar-refractivity contribution in [1.82, 2.24) is 19.8 Å². The normalized spacial score (nSPS) is 13.8. The highest BCUT2D eigenvalue weighted by atomic mass is 16.1. The van der Waals surface area contributed by atoms with E-state index in [0.29, 0.717) is 12.1 Å². The minimum Gasteiger partial charge on any atom is -0.350 e. The second-order valence-electron chi connectivity index (χ2n) is 7.49. The second-order valence-corrected chi connectivity index (χ2v) is 7.49. The van der Waals surface area contributed by atoms with Crippen molar-refractivity contribution in [2.24, 2.45) is 0 Å². The summed E-state index contributed by atoms with van der Waals surface area (Å²) in [7, 11) is 0. The van der Waals surface area contributed by atoms with Gasteiger partial charge in [0.05, 0.1) is 16.6 Å². The smallest absolute Gasteiger partial charge is 0.253 e. The summed E-state index contributed by atoms with van der Waals surface area (Å²) >= 11 is 0. The van der Waals surface area contributed by atoms with Gasteiger partial charge in [-0.15, -0.1) is 0 Å². The molecule has 5 nitrogen and oxygen atoms in total. The fourth-order valence-electron chi connectivity index (χ4n) is 4.10. The van der Waals surface area contributed by atoms with Crippen LogP contribution in [0.1, 0.15) is 42.6 Å². The van der Waals surface area contributed by atoms with Gasteiger partial charge >= 0.3 is 0 Å². The van der Waals surface area contributed by atoms with Gasteiger partial charge in [-0.05, 0) is 43.6 Å². The largest absolute Gasteiger partial charge is 0.350 e. The first-order valence-corrected chi connectivity index (χ1v) is 10.3. The molecule has 0 saturated heterocycles. The maximum absolute atomic E-state index is 12.3. The van der Waals surface area contributed by atoms with E-state index >= 15 is 0 Å². The van der Waals surface area contributed by atoms with Gasteiger partial charge in [0, 0.05) is 25.2 Å². The van der Waals surface area contributed by atoms with E-state index in [1.54, 1.807) is 0 Å². The summed E-state index contributed by atoms with van der Waals surface area (Å²) in [5, 5.41) is 2.98. The third-order valence-electron chi connectivity index (χ3n) is 5.33. The fraction of sp³-hybridized carbons (Fsp3) is 0.391. The van der Waals surface area contributed by atoms with E-state index in [9.17, 15) is 4.79 Å². The van der Waals surface area contributed by atoms with Gasteiger partial charge < -0.3 is 9.88 Å². The topological polar surface area (TPSA) is 50.2 Å². The van der Waals surface area contributed by atoms with Gasteiger partial charge in [0.2, 0.25) is 0 Å². The van der Waals surface area contributed by atoms with Gasteiger partial charge in [-0.2, -0.15) is 0 Å². The first-order chi connectivity index (χ1) is 13.7. The molecule has 0 radical (unpaired) electrons. The minimum atomic E-state index is -0.0157. The second kappa shape index (κ2) is 8.15. The van der Waals surface area contributed by atoms with Crippen LogP contribution in [0.3, 0.4) is 0 Å². The van der Waals surface area contributed by atoms with E-state index in [1.165, 1.54) is 18.4 Å². The predicted octanol–water partition coefficient (Wildman–Crippen LogP) is 4.07. The molecule has 2 aromatic carbocycles. The van der Waals surface area contributed by atoms with E-state index in [0.717, 1.165) is 48.6 Å². The van der Waals surface area contributed by atoms with E-state index in [4.69, 9.17) is 4.98 Å². The Kier molecular flexibility index (Phi) is 5.44. The van der Waals surface area contributed by atoms with Crippen LogP contribution >= 0.6 is 0 Å². The molecular formula is C23H28N4O. The number of aromatic nitrogens is 2. The number of rotatable bonds is 7. The molecule has 4 rings (SSSR count). The number of imidazole rings is 1. The Balaban J connectivity index is 1.66. The zero-order chi connectivity index (χ0) is 19.5. The standard InChI is InChI=1S/C23H28N4O/c1-3-13-26(14-4-2)16-17-8-10-18(11-9-17)22-25-20-7-5-6-19-21(20)27(22)15-12-24-23(19)28/h5-11H,3-4,12-16H2,1-2H3,(H,24,28). The van der Waals surface area contributed by atoms with Crippen molar-refractivity contribution in [1.29, 1.82) is 0 Å². The Hall–Kier alpha value is -2.66. The van der Waals surface area contributed by atoms with E-state index in [2.05, 4.69) is 52.9 Å². The molecule has 1 amide bonds. The summed E-state index contributed by atoms with van der Waals surface area (Å²) < 4.78 is 2.18. The molecule has 1 aromatic heterocycles. The van der Waals surface area contributed by atoms with Crippen molar-refractivity contribution in [2.45, 2.75) is 39.8 Å². The molecule has 3 aromatic rings. The molecule has 2 heterocycles. The van der Waals surface area contributed by atoms with Crippen molar-refractivity contribution in [2.75, 3.05) is 19.6 Å². The first-order valence-electron chi connectivity index (χ1n) is 10.3. The SMILES string of the molecule is CCCN(CCC)Cc1ccc(-c2nc3cccc4c3n2CCNC4=O)cc1. The molecule has 0 bridgehead atoms. The number of benzene rings is 2. The molecule has 1 aliphatic rings. The summed E-state index contributed by atoms with van der Waals surface area (Å²) in [5.41, 5.74) is 4.95. The lowest BCUT2D eigenvalue weighted by Gasteiger charge is -2.21. The van der Waals surface area contributed by atoms with Gasteiger partial charge in [-0.3, -0.25) is 9.69 Å². The van der Waals surface area contributed by atoms with Gasteiger partial charge in [0.15, 0.2) is 0 Å². The summed E-state index contributed by atoms with van der Waals surface area (Å²) in [4.78, 5) is 19.7. The Morgan fingerprint density at radius 3 is 2.54 bits per heavy atom. The Morgan fingerprint density at radius 2 is 1.82 bits per heavy atom. The van der Waals surface area contributed by atoms with Gasteiger partial charge in [-0.1, -0.05) is 44.2 Å². The molecule has 28 heavy (non-hydrogen) atoms. The first kappa shape index (κ1) is 18.7. The number of nitrogens with one attached hydrogen (secondary N) is 1. The molecule has 0 saturated carbocycles. The highest BCUT2D eigenvalue weighted by Crippen LogP contribution is 2.28. The number of hydrogen-bond donors (Lipinski definition) is 1. The summed E-state index contributed by atoms with van der Waals surface area (Å²) in [6.45, 7) is 9.07. The molecule has 0 aliphatic carbocycles. The van der Waals surface area contributed by atoms with Crippen LogP contribution in [0.25, 0.3) is 22.4 Å². The molecule has 1 N–H and O–H groups in total. The number of para-hydroxylation sites is 1. The third-order valence-corrected chi connectivity index (χ3v) is 5.33. The number of amides is 1. The Labute approximate surface area is 166 Å². The molecule has 5 heteroatoms. The van der Waals surface area contributed by atoms with Gasteiger partial charge in [-0.25, -0.2) is 4.98 Å². The van der Waals surface area contributed by atoms with Crippen LogP contribution in [0, 0.1) is 0 Å². The average molecular weight is 377 g/mol.